The van der Waals surface area contributed by atoms with Gasteiger partial charge in [-0.2, -0.15) is 5.10 Å². The lowest BCUT2D eigenvalue weighted by Crippen LogP contribution is -2.03. The van der Waals surface area contributed by atoms with Crippen molar-refractivity contribution in [3.05, 3.63) is 41.7 Å². The van der Waals surface area contributed by atoms with Crippen LogP contribution in [0.5, 0.6) is 5.75 Å². The number of benzene rings is 1. The summed E-state index contributed by atoms with van der Waals surface area (Å²) in [6.45, 7) is 4.39. The molecule has 4 nitrogen and oxygen atoms in total. The number of hydrogen-bond acceptors (Lipinski definition) is 3. The molecule has 88 valence electrons. The van der Waals surface area contributed by atoms with Gasteiger partial charge in [-0.3, -0.25) is 4.79 Å². The van der Waals surface area contributed by atoms with E-state index in [9.17, 15) is 4.79 Å². The van der Waals surface area contributed by atoms with Gasteiger partial charge in [0.05, 0.1) is 24.1 Å². The molecule has 0 spiro atoms. The summed E-state index contributed by atoms with van der Waals surface area (Å²) < 4.78 is 7.26. The molecule has 0 radical (unpaired) electrons. The highest BCUT2D eigenvalue weighted by Crippen LogP contribution is 2.23. The van der Waals surface area contributed by atoms with Crippen molar-refractivity contribution in [2.24, 2.45) is 0 Å². The molecule has 2 aromatic rings. The monoisotopic (exact) mass is 230 g/mol. The predicted octanol–water partition coefficient (Wildman–Crippen LogP) is 2.39. The molecule has 0 aliphatic carbocycles. The van der Waals surface area contributed by atoms with Crippen LogP contribution in [0.15, 0.2) is 30.5 Å². The quantitative estimate of drug-likeness (QED) is 0.757. The molecule has 1 aromatic carbocycles. The highest BCUT2D eigenvalue weighted by molar-refractivity contribution is 5.76. The fourth-order valence-electron chi connectivity index (χ4n) is 1.69. The molecule has 0 aliphatic rings. The minimum Gasteiger partial charge on any atom is -0.492 e. The Balaban J connectivity index is 2.52. The van der Waals surface area contributed by atoms with E-state index in [1.165, 1.54) is 0 Å². The molecule has 2 rings (SSSR count). The number of hydrogen-bond donors (Lipinski definition) is 0. The Labute approximate surface area is 99.8 Å². The standard InChI is InChI=1S/C13H14N2O2/c1-3-17-13-7-5-4-6-12(13)15-10(2)11(9-16)8-14-15/h4-9H,3H2,1-2H3. The van der Waals surface area contributed by atoms with Crippen LogP contribution in [-0.4, -0.2) is 22.7 Å². The number of nitrogens with zero attached hydrogens (tertiary/aromatic N) is 2. The highest BCUT2D eigenvalue weighted by atomic mass is 16.5. The van der Waals surface area contributed by atoms with E-state index < -0.39 is 0 Å². The maximum atomic E-state index is 10.8. The Kier molecular flexibility index (Phi) is 3.23. The number of aromatic nitrogens is 2. The van der Waals surface area contributed by atoms with Crippen molar-refractivity contribution in [3.63, 3.8) is 0 Å². The van der Waals surface area contributed by atoms with Crippen molar-refractivity contribution in [1.29, 1.82) is 0 Å². The van der Waals surface area contributed by atoms with Crippen LogP contribution in [0.1, 0.15) is 23.0 Å². The number of aldehydes is 1. The van der Waals surface area contributed by atoms with Crippen LogP contribution >= 0.6 is 0 Å². The van der Waals surface area contributed by atoms with Crippen molar-refractivity contribution in [1.82, 2.24) is 9.78 Å². The fourth-order valence-corrected chi connectivity index (χ4v) is 1.69. The van der Waals surface area contributed by atoms with Crippen LogP contribution < -0.4 is 4.74 Å². The Morgan fingerprint density at radius 2 is 2.18 bits per heavy atom. The first-order valence-corrected chi connectivity index (χ1v) is 5.50. The molecule has 0 unspecified atom stereocenters. The van der Waals surface area contributed by atoms with Gasteiger partial charge >= 0.3 is 0 Å². The molecule has 1 aromatic heterocycles. The Morgan fingerprint density at radius 1 is 1.41 bits per heavy atom. The summed E-state index contributed by atoms with van der Waals surface area (Å²) in [6.07, 6.45) is 2.37. The number of carbonyl (C=O) groups excluding carboxylic acids is 1. The fraction of sp³-hybridized carbons (Fsp3) is 0.231. The van der Waals surface area contributed by atoms with E-state index in [1.54, 1.807) is 10.9 Å². The molecule has 0 atom stereocenters. The van der Waals surface area contributed by atoms with E-state index in [-0.39, 0.29) is 0 Å². The molecule has 1 heterocycles. The van der Waals surface area contributed by atoms with Gasteiger partial charge in [-0.05, 0) is 26.0 Å². The normalized spacial score (nSPS) is 10.2. The lowest BCUT2D eigenvalue weighted by Gasteiger charge is -2.11. The molecule has 0 fully saturated rings. The molecule has 0 saturated heterocycles. The summed E-state index contributed by atoms with van der Waals surface area (Å²) in [5.41, 5.74) is 2.25. The van der Waals surface area contributed by atoms with E-state index in [2.05, 4.69) is 5.10 Å². The summed E-state index contributed by atoms with van der Waals surface area (Å²) in [7, 11) is 0. The zero-order valence-corrected chi connectivity index (χ0v) is 9.88. The largest absolute Gasteiger partial charge is 0.492 e. The van der Waals surface area contributed by atoms with Crippen molar-refractivity contribution >= 4 is 6.29 Å². The van der Waals surface area contributed by atoms with E-state index >= 15 is 0 Å². The van der Waals surface area contributed by atoms with Gasteiger partial charge in [0.25, 0.3) is 0 Å². The van der Waals surface area contributed by atoms with Crippen molar-refractivity contribution in [2.75, 3.05) is 6.61 Å². The molecule has 0 bridgehead atoms. The third kappa shape index (κ3) is 2.06. The SMILES string of the molecule is CCOc1ccccc1-n1ncc(C=O)c1C. The lowest BCUT2D eigenvalue weighted by molar-refractivity contribution is 0.112. The summed E-state index contributed by atoms with van der Waals surface area (Å²) in [6, 6.07) is 7.63. The van der Waals surface area contributed by atoms with E-state index in [1.807, 2.05) is 38.1 Å². The minimum atomic E-state index is 0.594. The first-order chi connectivity index (χ1) is 8.27. The van der Waals surface area contributed by atoms with Crippen LogP contribution in [0, 0.1) is 6.92 Å². The molecular weight excluding hydrogens is 216 g/mol. The van der Waals surface area contributed by atoms with Crippen molar-refractivity contribution in [2.45, 2.75) is 13.8 Å². The van der Waals surface area contributed by atoms with Gasteiger partial charge in [-0.1, -0.05) is 12.1 Å². The summed E-state index contributed by atoms with van der Waals surface area (Å²) in [4.78, 5) is 10.8. The average molecular weight is 230 g/mol. The summed E-state index contributed by atoms with van der Waals surface area (Å²) in [5, 5.41) is 4.21. The van der Waals surface area contributed by atoms with Gasteiger partial charge in [0, 0.05) is 0 Å². The first kappa shape index (κ1) is 11.4. The van der Waals surface area contributed by atoms with Crippen molar-refractivity contribution < 1.29 is 9.53 Å². The molecule has 17 heavy (non-hydrogen) atoms. The number of carbonyl (C=O) groups is 1. The number of ether oxygens (including phenoxy) is 1. The summed E-state index contributed by atoms with van der Waals surface area (Å²) >= 11 is 0. The summed E-state index contributed by atoms with van der Waals surface area (Å²) in [5.74, 6) is 0.763. The second kappa shape index (κ2) is 4.82. The average Bonchev–Trinajstić information content (AvgIpc) is 2.72. The van der Waals surface area contributed by atoms with Gasteiger partial charge in [0.15, 0.2) is 6.29 Å². The molecule has 0 amide bonds. The molecular formula is C13H14N2O2. The van der Waals surface area contributed by atoms with E-state index in [0.717, 1.165) is 23.4 Å². The van der Waals surface area contributed by atoms with Crippen LogP contribution in [0.2, 0.25) is 0 Å². The third-order valence-electron chi connectivity index (χ3n) is 2.57. The van der Waals surface area contributed by atoms with E-state index in [0.29, 0.717) is 12.2 Å². The van der Waals surface area contributed by atoms with Crippen LogP contribution in [-0.2, 0) is 0 Å². The maximum Gasteiger partial charge on any atom is 0.153 e. The number of para-hydroxylation sites is 2. The second-order valence-corrected chi connectivity index (χ2v) is 3.62. The first-order valence-electron chi connectivity index (χ1n) is 5.50. The zero-order chi connectivity index (χ0) is 12.3. The second-order valence-electron chi connectivity index (χ2n) is 3.62. The molecule has 0 N–H and O–H groups in total. The highest BCUT2D eigenvalue weighted by Gasteiger charge is 2.11. The molecule has 0 saturated carbocycles. The van der Waals surface area contributed by atoms with E-state index in [4.69, 9.17) is 4.74 Å². The third-order valence-corrected chi connectivity index (χ3v) is 2.57. The minimum absolute atomic E-state index is 0.594. The topological polar surface area (TPSA) is 44.1 Å². The van der Waals surface area contributed by atoms with Crippen LogP contribution in [0.25, 0.3) is 5.69 Å². The number of rotatable bonds is 4. The van der Waals surface area contributed by atoms with Crippen molar-refractivity contribution in [3.8, 4) is 11.4 Å². The Morgan fingerprint density at radius 3 is 2.82 bits per heavy atom. The van der Waals surface area contributed by atoms with Gasteiger partial charge in [-0.25, -0.2) is 4.68 Å². The maximum absolute atomic E-state index is 10.8. The smallest absolute Gasteiger partial charge is 0.153 e. The van der Waals surface area contributed by atoms with Gasteiger partial charge < -0.3 is 4.74 Å². The molecule has 4 heteroatoms. The molecule has 0 aliphatic heterocycles. The van der Waals surface area contributed by atoms with Crippen LogP contribution in [0.3, 0.4) is 0 Å². The zero-order valence-electron chi connectivity index (χ0n) is 9.88. The van der Waals surface area contributed by atoms with Gasteiger partial charge in [-0.15, -0.1) is 0 Å². The Hall–Kier alpha value is -2.10. The van der Waals surface area contributed by atoms with Gasteiger partial charge in [0.2, 0.25) is 0 Å². The lowest BCUT2D eigenvalue weighted by atomic mass is 10.2. The predicted molar refractivity (Wildman–Crippen MR) is 64.9 cm³/mol. The Bertz CT molecular complexity index is 532. The van der Waals surface area contributed by atoms with Crippen LogP contribution in [0.4, 0.5) is 0 Å². The van der Waals surface area contributed by atoms with Gasteiger partial charge in [0.1, 0.15) is 11.4 Å².